The number of halogens is 1. The molecule has 0 aromatic carbocycles. The van der Waals surface area contributed by atoms with Crippen LogP contribution in [0.5, 0.6) is 0 Å². The Bertz CT molecular complexity index is 260. The van der Waals surface area contributed by atoms with E-state index in [1.165, 1.54) is 6.92 Å². The summed E-state index contributed by atoms with van der Waals surface area (Å²) in [5, 5.41) is -1.16. The average Bonchev–Trinajstić information content (AvgIpc) is 2.18. The van der Waals surface area contributed by atoms with Crippen molar-refractivity contribution in [1.29, 1.82) is 0 Å². The maximum atomic E-state index is 11.2. The van der Waals surface area contributed by atoms with Gasteiger partial charge in [0.05, 0.1) is 0 Å². The van der Waals surface area contributed by atoms with Crippen molar-refractivity contribution in [2.24, 2.45) is 0 Å². The zero-order valence-electron chi connectivity index (χ0n) is 8.03. The standard InChI is InChI=1S/C10H13ClO3/c1-7(12)9(11)10(13)14-8-5-3-2-4-6-8/h3,5,8-9H,2,4,6H2,1H3. The molecule has 0 bridgehead atoms. The van der Waals surface area contributed by atoms with Crippen LogP contribution in [0.4, 0.5) is 0 Å². The summed E-state index contributed by atoms with van der Waals surface area (Å²) in [6.07, 6.45) is 6.43. The van der Waals surface area contributed by atoms with Crippen LogP contribution in [0.1, 0.15) is 26.2 Å². The van der Waals surface area contributed by atoms with Crippen molar-refractivity contribution in [2.75, 3.05) is 0 Å². The molecule has 0 aromatic rings. The van der Waals surface area contributed by atoms with E-state index in [1.54, 1.807) is 0 Å². The van der Waals surface area contributed by atoms with Crippen molar-refractivity contribution < 1.29 is 14.3 Å². The maximum absolute atomic E-state index is 11.2. The van der Waals surface area contributed by atoms with Crippen LogP contribution in [0.2, 0.25) is 0 Å². The van der Waals surface area contributed by atoms with Gasteiger partial charge in [-0.3, -0.25) is 4.79 Å². The van der Waals surface area contributed by atoms with Gasteiger partial charge < -0.3 is 4.74 Å². The van der Waals surface area contributed by atoms with Gasteiger partial charge in [0.2, 0.25) is 0 Å². The van der Waals surface area contributed by atoms with E-state index >= 15 is 0 Å². The van der Waals surface area contributed by atoms with Crippen LogP contribution < -0.4 is 0 Å². The molecule has 2 atom stereocenters. The van der Waals surface area contributed by atoms with Gasteiger partial charge in [0, 0.05) is 0 Å². The minimum atomic E-state index is -1.16. The number of alkyl halides is 1. The lowest BCUT2D eigenvalue weighted by atomic mass is 10.1. The Labute approximate surface area is 88.1 Å². The van der Waals surface area contributed by atoms with Crippen molar-refractivity contribution in [3.05, 3.63) is 12.2 Å². The van der Waals surface area contributed by atoms with Crippen molar-refractivity contribution >= 4 is 23.4 Å². The Kier molecular flexibility index (Phi) is 4.14. The van der Waals surface area contributed by atoms with Gasteiger partial charge >= 0.3 is 5.97 Å². The summed E-state index contributed by atoms with van der Waals surface area (Å²) in [5.41, 5.74) is 0. The summed E-state index contributed by atoms with van der Waals surface area (Å²) in [4.78, 5) is 22.0. The zero-order chi connectivity index (χ0) is 10.6. The summed E-state index contributed by atoms with van der Waals surface area (Å²) in [6, 6.07) is 0. The molecule has 2 unspecified atom stereocenters. The van der Waals surface area contributed by atoms with Crippen LogP contribution in [-0.4, -0.2) is 23.2 Å². The van der Waals surface area contributed by atoms with Gasteiger partial charge in [-0.1, -0.05) is 6.08 Å². The fourth-order valence-corrected chi connectivity index (χ4v) is 1.31. The summed E-state index contributed by atoms with van der Waals surface area (Å²) in [6.45, 7) is 1.27. The second kappa shape index (κ2) is 5.15. The quantitative estimate of drug-likeness (QED) is 0.313. The highest BCUT2D eigenvalue weighted by molar-refractivity contribution is 6.40. The van der Waals surface area contributed by atoms with Crippen molar-refractivity contribution in [3.63, 3.8) is 0 Å². The van der Waals surface area contributed by atoms with Crippen molar-refractivity contribution in [3.8, 4) is 0 Å². The molecule has 3 nitrogen and oxygen atoms in total. The summed E-state index contributed by atoms with van der Waals surface area (Å²) < 4.78 is 5.04. The van der Waals surface area contributed by atoms with E-state index < -0.39 is 11.3 Å². The molecule has 0 aliphatic heterocycles. The van der Waals surface area contributed by atoms with E-state index in [9.17, 15) is 9.59 Å². The lowest BCUT2D eigenvalue weighted by Gasteiger charge is -2.17. The molecule has 1 rings (SSSR count). The monoisotopic (exact) mass is 216 g/mol. The van der Waals surface area contributed by atoms with E-state index in [0.29, 0.717) is 0 Å². The van der Waals surface area contributed by atoms with Crippen molar-refractivity contribution in [2.45, 2.75) is 37.7 Å². The van der Waals surface area contributed by atoms with Crippen LogP contribution in [0.15, 0.2) is 12.2 Å². The third kappa shape index (κ3) is 3.14. The number of ether oxygens (including phenoxy) is 1. The first-order valence-electron chi connectivity index (χ1n) is 4.63. The van der Waals surface area contributed by atoms with Crippen molar-refractivity contribution in [1.82, 2.24) is 0 Å². The SMILES string of the molecule is CC(=O)C(Cl)C(=O)OC1C=CCCC1. The number of carbonyl (C=O) groups is 2. The van der Waals surface area contributed by atoms with Gasteiger partial charge in [-0.05, 0) is 32.3 Å². The third-order valence-electron chi connectivity index (χ3n) is 2.04. The van der Waals surface area contributed by atoms with Gasteiger partial charge in [-0.15, -0.1) is 11.6 Å². The lowest BCUT2D eigenvalue weighted by molar-refractivity contribution is -0.148. The molecule has 14 heavy (non-hydrogen) atoms. The summed E-state index contributed by atoms with van der Waals surface area (Å²) >= 11 is 5.54. The Balaban J connectivity index is 2.43. The number of esters is 1. The van der Waals surface area contributed by atoms with E-state index in [-0.39, 0.29) is 11.9 Å². The topological polar surface area (TPSA) is 43.4 Å². The van der Waals surface area contributed by atoms with Gasteiger partial charge in [-0.2, -0.15) is 0 Å². The van der Waals surface area contributed by atoms with E-state index in [2.05, 4.69) is 0 Å². The van der Waals surface area contributed by atoms with Crippen LogP contribution in [0.25, 0.3) is 0 Å². The summed E-state index contributed by atoms with van der Waals surface area (Å²) in [7, 11) is 0. The molecule has 4 heteroatoms. The van der Waals surface area contributed by atoms with Gasteiger partial charge in [-0.25, -0.2) is 4.79 Å². The molecule has 0 radical (unpaired) electrons. The highest BCUT2D eigenvalue weighted by Crippen LogP contribution is 2.15. The Morgan fingerprint density at radius 3 is 2.79 bits per heavy atom. The van der Waals surface area contributed by atoms with E-state index in [0.717, 1.165) is 19.3 Å². The number of rotatable bonds is 3. The second-order valence-corrected chi connectivity index (χ2v) is 3.74. The maximum Gasteiger partial charge on any atom is 0.332 e. The van der Waals surface area contributed by atoms with Crippen LogP contribution in [-0.2, 0) is 14.3 Å². The van der Waals surface area contributed by atoms with Crippen LogP contribution in [0.3, 0.4) is 0 Å². The van der Waals surface area contributed by atoms with E-state index in [1.807, 2.05) is 12.2 Å². The Morgan fingerprint density at radius 2 is 2.29 bits per heavy atom. The fourth-order valence-electron chi connectivity index (χ4n) is 1.25. The fraction of sp³-hybridized carbons (Fsp3) is 0.600. The number of ketones is 1. The van der Waals surface area contributed by atoms with Gasteiger partial charge in [0.15, 0.2) is 11.2 Å². The molecule has 0 saturated carbocycles. The zero-order valence-corrected chi connectivity index (χ0v) is 8.79. The third-order valence-corrected chi connectivity index (χ3v) is 2.53. The number of hydrogen-bond donors (Lipinski definition) is 0. The molecule has 0 N–H and O–H groups in total. The first-order chi connectivity index (χ1) is 6.61. The largest absolute Gasteiger partial charge is 0.457 e. The number of Topliss-reactive ketones (excluding diaryl/α,β-unsaturated/α-hetero) is 1. The molecule has 0 spiro atoms. The molecule has 0 saturated heterocycles. The first-order valence-corrected chi connectivity index (χ1v) is 5.06. The molecule has 1 aliphatic carbocycles. The summed E-state index contributed by atoms with van der Waals surface area (Å²) in [5.74, 6) is -1.02. The minimum absolute atomic E-state index is 0.211. The average molecular weight is 217 g/mol. The van der Waals surface area contributed by atoms with Crippen LogP contribution in [0, 0.1) is 0 Å². The predicted molar refractivity (Wildman–Crippen MR) is 53.2 cm³/mol. The van der Waals surface area contributed by atoms with Gasteiger partial charge in [0.1, 0.15) is 6.10 Å². The Morgan fingerprint density at radius 1 is 1.57 bits per heavy atom. The number of hydrogen-bond acceptors (Lipinski definition) is 3. The first kappa shape index (κ1) is 11.2. The molecular weight excluding hydrogens is 204 g/mol. The highest BCUT2D eigenvalue weighted by atomic mass is 35.5. The van der Waals surface area contributed by atoms with Gasteiger partial charge in [0.25, 0.3) is 0 Å². The molecule has 78 valence electrons. The molecule has 0 fully saturated rings. The molecule has 0 heterocycles. The predicted octanol–water partition coefficient (Wildman–Crippen LogP) is 1.83. The number of allylic oxidation sites excluding steroid dienone is 1. The number of carbonyl (C=O) groups excluding carboxylic acids is 2. The van der Waals surface area contributed by atoms with E-state index in [4.69, 9.17) is 16.3 Å². The molecule has 0 aromatic heterocycles. The molecule has 1 aliphatic rings. The highest BCUT2D eigenvalue weighted by Gasteiger charge is 2.24. The Hall–Kier alpha value is -0.830. The normalized spacial score (nSPS) is 22.9. The minimum Gasteiger partial charge on any atom is -0.457 e. The van der Waals surface area contributed by atoms with Crippen LogP contribution >= 0.6 is 11.6 Å². The molecular formula is C10H13ClO3. The molecule has 0 amide bonds. The smallest absolute Gasteiger partial charge is 0.332 e. The lowest BCUT2D eigenvalue weighted by Crippen LogP contribution is -2.28. The second-order valence-electron chi connectivity index (χ2n) is 3.31.